The number of amides is 2. The van der Waals surface area contributed by atoms with Crippen LogP contribution in [0.5, 0.6) is 5.75 Å². The molecule has 296 valence electrons. The molecule has 2 amide bonds. The second kappa shape index (κ2) is 25.4. The van der Waals surface area contributed by atoms with Crippen molar-refractivity contribution >= 4 is 60.1 Å². The number of carboxylic acid groups (broad SMARTS) is 1. The first-order valence-electron chi connectivity index (χ1n) is 17.7. The van der Waals surface area contributed by atoms with Gasteiger partial charge in [0, 0.05) is 37.7 Å². The molecule has 0 aliphatic carbocycles. The van der Waals surface area contributed by atoms with Crippen molar-refractivity contribution in [3.8, 4) is 5.75 Å². The third-order valence-corrected chi connectivity index (χ3v) is 8.15. The van der Waals surface area contributed by atoms with Gasteiger partial charge in [-0.05, 0) is 65.6 Å². The molecule has 4 aromatic rings. The maximum atomic E-state index is 12.5. The van der Waals surface area contributed by atoms with Gasteiger partial charge in [0.1, 0.15) is 24.9 Å². The summed E-state index contributed by atoms with van der Waals surface area (Å²) in [5.41, 5.74) is 6.26. The Morgan fingerprint density at radius 2 is 1.48 bits per heavy atom. The molecule has 1 unspecified atom stereocenters. The molecule has 1 heterocycles. The van der Waals surface area contributed by atoms with Crippen LogP contribution in [0.2, 0.25) is 0 Å². The molecular formula is C42H49N5O9. The highest BCUT2D eigenvalue weighted by molar-refractivity contribution is 5.97. The highest BCUT2D eigenvalue weighted by Gasteiger charge is 2.21. The number of non-ortho nitro benzene ring substituents is 1. The number of carbonyl (C=O) groups is 5. The van der Waals surface area contributed by atoms with Crippen molar-refractivity contribution in [2.24, 2.45) is 5.92 Å². The Hall–Kier alpha value is -6.67. The number of para-hydroxylation sites is 1. The first kappa shape index (κ1) is 45.5. The Bertz CT molecular complexity index is 1880. The summed E-state index contributed by atoms with van der Waals surface area (Å²) in [7, 11) is 3.59. The number of carbonyl (C=O) groups excluding carboxylic acids is 4. The van der Waals surface area contributed by atoms with E-state index in [2.05, 4.69) is 22.0 Å². The minimum absolute atomic E-state index is 0.0235. The zero-order valence-corrected chi connectivity index (χ0v) is 31.9. The monoisotopic (exact) mass is 767 g/mol. The Labute approximate surface area is 326 Å². The highest BCUT2D eigenvalue weighted by Crippen LogP contribution is 2.29. The summed E-state index contributed by atoms with van der Waals surface area (Å²) in [5, 5.41) is 25.8. The molecule has 0 saturated heterocycles. The largest absolute Gasteiger partial charge is 0.489 e. The van der Waals surface area contributed by atoms with E-state index in [1.165, 1.54) is 12.1 Å². The summed E-state index contributed by atoms with van der Waals surface area (Å²) in [6.45, 7) is 4.68. The molecule has 5 rings (SSSR count). The van der Waals surface area contributed by atoms with Gasteiger partial charge < -0.3 is 40.3 Å². The zero-order valence-electron chi connectivity index (χ0n) is 31.9. The molecule has 1 aliphatic heterocycles. The van der Waals surface area contributed by atoms with E-state index in [1.807, 2.05) is 99.8 Å². The Morgan fingerprint density at radius 3 is 2.05 bits per heavy atom. The molecule has 56 heavy (non-hydrogen) atoms. The van der Waals surface area contributed by atoms with Crippen molar-refractivity contribution in [2.45, 2.75) is 45.9 Å². The molecule has 14 nitrogen and oxygen atoms in total. The van der Waals surface area contributed by atoms with Crippen LogP contribution < -0.4 is 25.6 Å². The van der Waals surface area contributed by atoms with E-state index in [9.17, 15) is 29.3 Å². The molecule has 0 spiro atoms. The van der Waals surface area contributed by atoms with Gasteiger partial charge in [-0.15, -0.1) is 0 Å². The second-order valence-electron chi connectivity index (χ2n) is 12.3. The predicted octanol–water partition coefficient (Wildman–Crippen LogP) is 6.14. The van der Waals surface area contributed by atoms with Gasteiger partial charge in [-0.3, -0.25) is 24.5 Å². The first-order chi connectivity index (χ1) is 27.0. The number of nitro groups is 1. The Balaban J connectivity index is 0.000000291. The summed E-state index contributed by atoms with van der Waals surface area (Å²) in [6, 6.07) is 29.6. The third kappa shape index (κ3) is 15.4. The van der Waals surface area contributed by atoms with E-state index in [0.29, 0.717) is 25.2 Å². The first-order valence-corrected chi connectivity index (χ1v) is 17.7. The summed E-state index contributed by atoms with van der Waals surface area (Å²) in [4.78, 5) is 64.5. The quantitative estimate of drug-likeness (QED) is 0.0692. The van der Waals surface area contributed by atoms with Crippen molar-refractivity contribution in [3.63, 3.8) is 0 Å². The summed E-state index contributed by atoms with van der Waals surface area (Å²) in [5.74, 6) is 0.689. The zero-order chi connectivity index (χ0) is 41.3. The van der Waals surface area contributed by atoms with Crippen molar-refractivity contribution in [1.29, 1.82) is 0 Å². The van der Waals surface area contributed by atoms with Crippen molar-refractivity contribution < 1.29 is 38.7 Å². The number of anilines is 2. The van der Waals surface area contributed by atoms with Crippen LogP contribution in [-0.4, -0.2) is 67.6 Å². The fourth-order valence-electron chi connectivity index (χ4n) is 5.31. The number of benzene rings is 4. The Morgan fingerprint density at radius 1 is 0.875 bits per heavy atom. The van der Waals surface area contributed by atoms with Crippen LogP contribution in [0, 0.1) is 16.0 Å². The van der Waals surface area contributed by atoms with Crippen LogP contribution in [0.25, 0.3) is 12.2 Å². The second-order valence-corrected chi connectivity index (χ2v) is 12.3. The van der Waals surface area contributed by atoms with Gasteiger partial charge in [-0.1, -0.05) is 80.6 Å². The van der Waals surface area contributed by atoms with Gasteiger partial charge >= 0.3 is 0 Å². The van der Waals surface area contributed by atoms with Gasteiger partial charge in [0.25, 0.3) is 12.2 Å². The number of hydrogen-bond acceptors (Lipinski definition) is 10. The molecule has 0 radical (unpaired) electrons. The number of fused-ring (bicyclic) bond motifs is 2. The van der Waals surface area contributed by atoms with Crippen LogP contribution in [0.1, 0.15) is 48.9 Å². The van der Waals surface area contributed by atoms with Crippen molar-refractivity contribution in [2.75, 3.05) is 30.9 Å². The molecule has 0 fully saturated rings. The van der Waals surface area contributed by atoms with E-state index >= 15 is 0 Å². The lowest BCUT2D eigenvalue weighted by Gasteiger charge is -2.27. The Kier molecular flexibility index (Phi) is 20.6. The smallest absolute Gasteiger partial charge is 0.290 e. The van der Waals surface area contributed by atoms with Crippen LogP contribution in [0.15, 0.2) is 97.1 Å². The normalized spacial score (nSPS) is 11.9. The minimum atomic E-state index is -0.430. The lowest BCUT2D eigenvalue weighted by molar-refractivity contribution is -0.384. The lowest BCUT2D eigenvalue weighted by atomic mass is 10.0. The van der Waals surface area contributed by atoms with Crippen LogP contribution in [0.3, 0.4) is 0 Å². The summed E-state index contributed by atoms with van der Waals surface area (Å²) < 4.78 is 5.56. The fraction of sp³-hybridized carbons (Fsp3) is 0.262. The molecule has 0 aromatic heterocycles. The molecule has 0 saturated carbocycles. The van der Waals surface area contributed by atoms with E-state index in [4.69, 9.17) is 14.6 Å². The molecule has 4 N–H and O–H groups in total. The molecule has 1 aliphatic rings. The SMILES string of the molecule is CNC(C(=O)NCC=O)C(C)C.CNc1ccc(COc2ccc([N+](=O)[O-])cc2)cc1.O=CCCC(=O)N1Cc2ccccc2/C=C\c2ccccc21.O=CO. The van der Waals surface area contributed by atoms with Gasteiger partial charge in [0.15, 0.2) is 0 Å². The van der Waals surface area contributed by atoms with Gasteiger partial charge in [-0.25, -0.2) is 0 Å². The third-order valence-electron chi connectivity index (χ3n) is 8.15. The van der Waals surface area contributed by atoms with Gasteiger partial charge in [0.2, 0.25) is 11.8 Å². The summed E-state index contributed by atoms with van der Waals surface area (Å²) >= 11 is 0. The topological polar surface area (TPSA) is 197 Å². The van der Waals surface area contributed by atoms with Crippen LogP contribution in [-0.2, 0) is 37.1 Å². The average molecular weight is 768 g/mol. The van der Waals surface area contributed by atoms with E-state index in [-0.39, 0.29) is 55.3 Å². The number of rotatable bonds is 13. The maximum absolute atomic E-state index is 12.5. The number of ether oxygens (including phenoxy) is 1. The number of hydrogen-bond donors (Lipinski definition) is 4. The number of nitro benzene ring substituents is 1. The minimum Gasteiger partial charge on any atom is -0.489 e. The van der Waals surface area contributed by atoms with Crippen LogP contribution >= 0.6 is 0 Å². The van der Waals surface area contributed by atoms with E-state index in [0.717, 1.165) is 39.9 Å². The maximum Gasteiger partial charge on any atom is 0.290 e. The highest BCUT2D eigenvalue weighted by atomic mass is 16.6. The van der Waals surface area contributed by atoms with Crippen molar-refractivity contribution in [3.05, 3.63) is 129 Å². The van der Waals surface area contributed by atoms with Crippen LogP contribution in [0.4, 0.5) is 17.1 Å². The molecule has 0 bridgehead atoms. The number of nitrogens with zero attached hydrogens (tertiary/aromatic N) is 2. The summed E-state index contributed by atoms with van der Waals surface area (Å²) in [6.07, 6.45) is 6.08. The molecule has 14 heteroatoms. The fourth-order valence-corrected chi connectivity index (χ4v) is 5.31. The molecular weight excluding hydrogens is 718 g/mol. The predicted molar refractivity (Wildman–Crippen MR) is 217 cm³/mol. The number of aldehydes is 2. The van der Waals surface area contributed by atoms with E-state index in [1.54, 1.807) is 24.1 Å². The van der Waals surface area contributed by atoms with Gasteiger partial charge in [0.05, 0.1) is 29.7 Å². The molecule has 1 atom stereocenters. The standard InChI is InChI=1S/C19H17NO2.C14H14N2O3.C8H16N2O2.CH2O2/c21-13-5-10-19(22)20-14-17-8-2-1-6-15(17)11-12-16-7-3-4-9-18(16)20;1-15-12-4-2-11(3-5-12)10-19-14-8-6-13(7-9-14)16(17)18;1-6(2)7(9-3)8(12)10-4-5-11;2-1-3/h1-4,6-9,11-13H,5,10,14H2;2-9,15H,10H2,1H3;5-7,9H,4H2,1-3H3,(H,10,12);1H,(H,2,3)/b12-11-;;;. The number of likely N-dealkylation sites (N-methyl/N-ethyl adjacent to an activating group) is 1. The molecule has 4 aromatic carbocycles. The average Bonchev–Trinajstić information content (AvgIpc) is 3.20. The van der Waals surface area contributed by atoms with Gasteiger partial charge in [-0.2, -0.15) is 0 Å². The van der Waals surface area contributed by atoms with E-state index < -0.39 is 4.92 Å². The number of nitrogens with one attached hydrogen (secondary N) is 3. The van der Waals surface area contributed by atoms with Crippen molar-refractivity contribution in [1.82, 2.24) is 10.6 Å². The lowest BCUT2D eigenvalue weighted by Crippen LogP contribution is -2.46.